The Balaban J connectivity index is 1.69. The van der Waals surface area contributed by atoms with Gasteiger partial charge in [0, 0.05) is 17.3 Å². The lowest BCUT2D eigenvalue weighted by Gasteiger charge is -2.35. The summed E-state index contributed by atoms with van der Waals surface area (Å²) in [7, 11) is 0. The first-order valence-electron chi connectivity index (χ1n) is 6.64. The zero-order valence-corrected chi connectivity index (χ0v) is 12.0. The highest BCUT2D eigenvalue weighted by molar-refractivity contribution is 7.09. The third kappa shape index (κ3) is 3.97. The molecule has 0 amide bonds. The summed E-state index contributed by atoms with van der Waals surface area (Å²) in [5.74, 6) is 0.818. The van der Waals surface area contributed by atoms with Gasteiger partial charge in [-0.3, -0.25) is 0 Å². The van der Waals surface area contributed by atoms with E-state index in [9.17, 15) is 0 Å². The number of thiophene rings is 1. The van der Waals surface area contributed by atoms with Crippen molar-refractivity contribution < 1.29 is 0 Å². The molecule has 1 nitrogen and oxygen atoms in total. The third-order valence-corrected chi connectivity index (χ3v) is 5.33. The van der Waals surface area contributed by atoms with Crippen molar-refractivity contribution in [1.82, 2.24) is 5.32 Å². The monoisotopic (exact) mass is 271 g/mol. The Morgan fingerprint density at radius 1 is 1.29 bits per heavy atom. The fourth-order valence-corrected chi connectivity index (χ4v) is 3.75. The van der Waals surface area contributed by atoms with Crippen LogP contribution in [0.15, 0.2) is 17.5 Å². The fourth-order valence-electron chi connectivity index (χ4n) is 2.68. The second kappa shape index (κ2) is 6.77. The molecule has 3 heteroatoms. The Labute approximate surface area is 114 Å². The van der Waals surface area contributed by atoms with Gasteiger partial charge in [-0.2, -0.15) is 0 Å². The molecule has 1 aliphatic carbocycles. The lowest BCUT2D eigenvalue weighted by Crippen LogP contribution is -2.38. The standard InChI is InChI=1S/C14H22ClNS/c15-11-14(7-2-1-3-8-14)12-16-9-6-13-5-4-10-17-13/h4-5,10,16H,1-3,6-9,11-12H2. The highest BCUT2D eigenvalue weighted by atomic mass is 35.5. The van der Waals surface area contributed by atoms with Crippen LogP contribution in [0.1, 0.15) is 37.0 Å². The molecular formula is C14H22ClNS. The number of nitrogens with one attached hydrogen (secondary N) is 1. The average molecular weight is 272 g/mol. The van der Waals surface area contributed by atoms with Gasteiger partial charge in [0.15, 0.2) is 0 Å². The molecule has 0 spiro atoms. The smallest absolute Gasteiger partial charge is 0.0292 e. The van der Waals surface area contributed by atoms with Gasteiger partial charge in [0.1, 0.15) is 0 Å². The predicted molar refractivity (Wildman–Crippen MR) is 77.1 cm³/mol. The van der Waals surface area contributed by atoms with Gasteiger partial charge in [-0.1, -0.05) is 25.3 Å². The van der Waals surface area contributed by atoms with E-state index in [0.29, 0.717) is 5.41 Å². The van der Waals surface area contributed by atoms with E-state index >= 15 is 0 Å². The molecule has 1 saturated carbocycles. The van der Waals surface area contributed by atoms with Crippen LogP contribution in [0, 0.1) is 5.41 Å². The minimum atomic E-state index is 0.384. The molecule has 0 radical (unpaired) electrons. The van der Waals surface area contributed by atoms with Gasteiger partial charge in [-0.15, -0.1) is 22.9 Å². The van der Waals surface area contributed by atoms with E-state index in [4.69, 9.17) is 11.6 Å². The number of hydrogen-bond acceptors (Lipinski definition) is 2. The minimum absolute atomic E-state index is 0.384. The van der Waals surface area contributed by atoms with E-state index in [-0.39, 0.29) is 0 Å². The van der Waals surface area contributed by atoms with Crippen molar-refractivity contribution in [3.63, 3.8) is 0 Å². The Bertz CT molecular complexity index is 304. The maximum absolute atomic E-state index is 6.18. The summed E-state index contributed by atoms with van der Waals surface area (Å²) in [5, 5.41) is 5.76. The SMILES string of the molecule is ClCC1(CNCCc2cccs2)CCCCC1. The van der Waals surface area contributed by atoms with Crippen LogP contribution in [0.2, 0.25) is 0 Å². The van der Waals surface area contributed by atoms with E-state index in [2.05, 4.69) is 22.8 Å². The highest BCUT2D eigenvalue weighted by Crippen LogP contribution is 2.36. The second-order valence-electron chi connectivity index (χ2n) is 5.20. The molecule has 1 aromatic rings. The summed E-state index contributed by atoms with van der Waals surface area (Å²) >= 11 is 8.03. The van der Waals surface area contributed by atoms with Crippen molar-refractivity contribution in [1.29, 1.82) is 0 Å². The van der Waals surface area contributed by atoms with Crippen LogP contribution >= 0.6 is 22.9 Å². The number of hydrogen-bond donors (Lipinski definition) is 1. The molecular weight excluding hydrogens is 250 g/mol. The summed E-state index contributed by atoms with van der Waals surface area (Å²) in [4.78, 5) is 1.47. The van der Waals surface area contributed by atoms with Crippen molar-refractivity contribution in [2.45, 2.75) is 38.5 Å². The topological polar surface area (TPSA) is 12.0 Å². The molecule has 1 aliphatic rings. The lowest BCUT2D eigenvalue weighted by atomic mass is 9.75. The zero-order valence-electron chi connectivity index (χ0n) is 10.4. The summed E-state index contributed by atoms with van der Waals surface area (Å²) in [6.45, 7) is 2.18. The molecule has 0 aliphatic heterocycles. The van der Waals surface area contributed by atoms with E-state index in [1.54, 1.807) is 0 Å². The fraction of sp³-hybridized carbons (Fsp3) is 0.714. The summed E-state index contributed by atoms with van der Waals surface area (Å²) in [6, 6.07) is 4.34. The number of rotatable bonds is 6. The largest absolute Gasteiger partial charge is 0.316 e. The van der Waals surface area contributed by atoms with Gasteiger partial charge in [-0.25, -0.2) is 0 Å². The molecule has 0 saturated heterocycles. The molecule has 2 rings (SSSR count). The molecule has 1 heterocycles. The first-order chi connectivity index (χ1) is 8.35. The third-order valence-electron chi connectivity index (χ3n) is 3.83. The van der Waals surface area contributed by atoms with Gasteiger partial charge < -0.3 is 5.32 Å². The maximum Gasteiger partial charge on any atom is 0.0292 e. The highest BCUT2D eigenvalue weighted by Gasteiger charge is 2.30. The summed E-state index contributed by atoms with van der Waals surface area (Å²) in [5.41, 5.74) is 0.384. The molecule has 1 fully saturated rings. The zero-order chi connectivity index (χ0) is 12.0. The molecule has 0 unspecified atom stereocenters. The summed E-state index contributed by atoms with van der Waals surface area (Å²) in [6.07, 6.45) is 7.88. The van der Waals surface area contributed by atoms with E-state index in [0.717, 1.165) is 25.4 Å². The molecule has 0 aromatic carbocycles. The predicted octanol–water partition coefficient (Wildman–Crippen LogP) is 4.07. The van der Waals surface area contributed by atoms with Gasteiger partial charge in [0.25, 0.3) is 0 Å². The number of halogens is 1. The van der Waals surface area contributed by atoms with Crippen molar-refractivity contribution in [2.24, 2.45) is 5.41 Å². The van der Waals surface area contributed by atoms with Crippen LogP contribution in [0.4, 0.5) is 0 Å². The lowest BCUT2D eigenvalue weighted by molar-refractivity contribution is 0.213. The normalized spacial score (nSPS) is 19.4. The first-order valence-corrected chi connectivity index (χ1v) is 8.05. The molecule has 1 aromatic heterocycles. The van der Waals surface area contributed by atoms with Crippen molar-refractivity contribution in [2.75, 3.05) is 19.0 Å². The average Bonchev–Trinajstić information content (AvgIpc) is 2.89. The van der Waals surface area contributed by atoms with Crippen LogP contribution < -0.4 is 5.32 Å². The van der Waals surface area contributed by atoms with Crippen molar-refractivity contribution in [3.8, 4) is 0 Å². The Morgan fingerprint density at radius 2 is 2.12 bits per heavy atom. The van der Waals surface area contributed by atoms with Gasteiger partial charge in [0.2, 0.25) is 0 Å². The number of alkyl halides is 1. The molecule has 0 bridgehead atoms. The maximum atomic E-state index is 6.18. The molecule has 17 heavy (non-hydrogen) atoms. The van der Waals surface area contributed by atoms with Crippen molar-refractivity contribution in [3.05, 3.63) is 22.4 Å². The Kier molecular flexibility index (Phi) is 5.33. The van der Waals surface area contributed by atoms with Crippen molar-refractivity contribution >= 4 is 22.9 Å². The van der Waals surface area contributed by atoms with E-state index < -0.39 is 0 Å². The van der Waals surface area contributed by atoms with Gasteiger partial charge in [-0.05, 0) is 42.7 Å². The van der Waals surface area contributed by atoms with E-state index in [1.807, 2.05) is 11.3 Å². The van der Waals surface area contributed by atoms with Crippen LogP contribution in [-0.2, 0) is 6.42 Å². The second-order valence-corrected chi connectivity index (χ2v) is 6.50. The quantitative estimate of drug-likeness (QED) is 0.608. The first kappa shape index (κ1) is 13.4. The van der Waals surface area contributed by atoms with Crippen LogP contribution in [0.3, 0.4) is 0 Å². The van der Waals surface area contributed by atoms with Crippen LogP contribution in [0.25, 0.3) is 0 Å². The Hall–Kier alpha value is -0.0500. The van der Waals surface area contributed by atoms with Crippen LogP contribution in [-0.4, -0.2) is 19.0 Å². The summed E-state index contributed by atoms with van der Waals surface area (Å²) < 4.78 is 0. The van der Waals surface area contributed by atoms with Crippen LogP contribution in [0.5, 0.6) is 0 Å². The Morgan fingerprint density at radius 3 is 2.76 bits per heavy atom. The van der Waals surface area contributed by atoms with E-state index in [1.165, 1.54) is 37.0 Å². The molecule has 96 valence electrons. The molecule has 0 atom stereocenters. The minimum Gasteiger partial charge on any atom is -0.316 e. The molecule has 1 N–H and O–H groups in total. The van der Waals surface area contributed by atoms with Gasteiger partial charge in [0.05, 0.1) is 0 Å². The van der Waals surface area contributed by atoms with Gasteiger partial charge >= 0.3 is 0 Å².